The molecule has 4 rings (SSSR count). The molecular weight excluding hydrogens is 340 g/mol. The van der Waals surface area contributed by atoms with Crippen LogP contribution in [0.4, 0.5) is 0 Å². The largest absolute Gasteiger partial charge is 0.455 e. The summed E-state index contributed by atoms with van der Waals surface area (Å²) in [4.78, 5) is 17.0. The number of furan rings is 1. The van der Waals surface area contributed by atoms with Gasteiger partial charge in [0.05, 0.1) is 12.6 Å². The molecule has 0 unspecified atom stereocenters. The van der Waals surface area contributed by atoms with E-state index in [4.69, 9.17) is 9.15 Å². The molecule has 1 aromatic heterocycles. The number of carbonyl (C=O) groups excluding carboxylic acids is 1. The molecule has 1 atom stereocenters. The summed E-state index contributed by atoms with van der Waals surface area (Å²) in [6.45, 7) is 6.80. The summed E-state index contributed by atoms with van der Waals surface area (Å²) in [7, 11) is 0. The average Bonchev–Trinajstić information content (AvgIpc) is 3.37. The van der Waals surface area contributed by atoms with Crippen LogP contribution in [0.5, 0.6) is 0 Å². The lowest BCUT2D eigenvalue weighted by Gasteiger charge is -2.27. The lowest BCUT2D eigenvalue weighted by atomic mass is 10.00. The standard InChI is InChI=1S/C22H28N2O3/c1-2-24(16-19-8-5-13-26-19)22(25)21-10-9-20(27-21)15-23-12-11-17-6-3-4-7-18(17)14-23/h3-4,6-7,9-10,19H,2,5,8,11-16H2,1H3/t19-/m0/s1. The molecule has 27 heavy (non-hydrogen) atoms. The number of benzene rings is 1. The Morgan fingerprint density at radius 3 is 2.85 bits per heavy atom. The molecular formula is C22H28N2O3. The smallest absolute Gasteiger partial charge is 0.289 e. The Kier molecular flexibility index (Phi) is 5.60. The van der Waals surface area contributed by atoms with E-state index in [0.29, 0.717) is 18.8 Å². The topological polar surface area (TPSA) is 45.9 Å². The summed E-state index contributed by atoms with van der Waals surface area (Å²) in [5, 5.41) is 0. The van der Waals surface area contributed by atoms with Gasteiger partial charge in [0.25, 0.3) is 5.91 Å². The van der Waals surface area contributed by atoms with Gasteiger partial charge in [-0.1, -0.05) is 24.3 Å². The highest BCUT2D eigenvalue weighted by Crippen LogP contribution is 2.22. The number of fused-ring (bicyclic) bond motifs is 1. The van der Waals surface area contributed by atoms with E-state index in [1.807, 2.05) is 24.0 Å². The van der Waals surface area contributed by atoms with Gasteiger partial charge < -0.3 is 14.1 Å². The van der Waals surface area contributed by atoms with Gasteiger partial charge in [0.1, 0.15) is 5.76 Å². The van der Waals surface area contributed by atoms with Crippen molar-refractivity contribution in [1.82, 2.24) is 9.80 Å². The second kappa shape index (κ2) is 8.28. The lowest BCUT2D eigenvalue weighted by Crippen LogP contribution is -2.37. The van der Waals surface area contributed by atoms with Gasteiger partial charge in [-0.15, -0.1) is 0 Å². The molecule has 1 fully saturated rings. The number of likely N-dealkylation sites (N-methyl/N-ethyl adjacent to an activating group) is 1. The molecule has 0 saturated carbocycles. The van der Waals surface area contributed by atoms with E-state index in [0.717, 1.165) is 51.3 Å². The fraction of sp³-hybridized carbons (Fsp3) is 0.500. The van der Waals surface area contributed by atoms with Crippen molar-refractivity contribution in [3.05, 3.63) is 59.0 Å². The van der Waals surface area contributed by atoms with Crippen molar-refractivity contribution in [1.29, 1.82) is 0 Å². The van der Waals surface area contributed by atoms with Crippen molar-refractivity contribution in [2.24, 2.45) is 0 Å². The minimum Gasteiger partial charge on any atom is -0.455 e. The van der Waals surface area contributed by atoms with E-state index < -0.39 is 0 Å². The molecule has 0 bridgehead atoms. The number of ether oxygens (including phenoxy) is 1. The Morgan fingerprint density at radius 1 is 1.22 bits per heavy atom. The number of carbonyl (C=O) groups is 1. The summed E-state index contributed by atoms with van der Waals surface area (Å²) >= 11 is 0. The predicted molar refractivity (Wildman–Crippen MR) is 104 cm³/mol. The summed E-state index contributed by atoms with van der Waals surface area (Å²) < 4.78 is 11.6. The van der Waals surface area contributed by atoms with E-state index in [1.165, 1.54) is 11.1 Å². The van der Waals surface area contributed by atoms with E-state index in [1.54, 1.807) is 0 Å². The molecule has 144 valence electrons. The molecule has 1 saturated heterocycles. The number of rotatable bonds is 6. The Hall–Kier alpha value is -2.11. The molecule has 0 aliphatic carbocycles. The molecule has 1 aromatic carbocycles. The van der Waals surface area contributed by atoms with Crippen LogP contribution in [-0.2, 0) is 24.2 Å². The second-order valence-corrected chi connectivity index (χ2v) is 7.47. The third-order valence-electron chi connectivity index (χ3n) is 5.58. The third kappa shape index (κ3) is 4.25. The van der Waals surface area contributed by atoms with Crippen LogP contribution < -0.4 is 0 Å². The monoisotopic (exact) mass is 368 g/mol. The van der Waals surface area contributed by atoms with E-state index >= 15 is 0 Å². The second-order valence-electron chi connectivity index (χ2n) is 7.47. The zero-order valence-electron chi connectivity index (χ0n) is 16.0. The van der Waals surface area contributed by atoms with E-state index in [9.17, 15) is 4.79 Å². The van der Waals surface area contributed by atoms with Gasteiger partial charge in [-0.05, 0) is 49.4 Å². The minimum atomic E-state index is -0.0387. The molecule has 0 radical (unpaired) electrons. The first kappa shape index (κ1) is 18.3. The van der Waals surface area contributed by atoms with Crippen molar-refractivity contribution in [2.45, 2.75) is 45.4 Å². The van der Waals surface area contributed by atoms with Gasteiger partial charge in [-0.3, -0.25) is 9.69 Å². The third-order valence-corrected chi connectivity index (χ3v) is 5.58. The maximum Gasteiger partial charge on any atom is 0.289 e. The van der Waals surface area contributed by atoms with Crippen LogP contribution in [0.25, 0.3) is 0 Å². The Balaban J connectivity index is 1.37. The summed E-state index contributed by atoms with van der Waals surface area (Å²) in [5.41, 5.74) is 2.83. The highest BCUT2D eigenvalue weighted by molar-refractivity contribution is 5.91. The van der Waals surface area contributed by atoms with Crippen molar-refractivity contribution in [3.63, 3.8) is 0 Å². The van der Waals surface area contributed by atoms with Gasteiger partial charge in [-0.2, -0.15) is 0 Å². The first-order valence-electron chi connectivity index (χ1n) is 10.0. The van der Waals surface area contributed by atoms with E-state index in [2.05, 4.69) is 29.2 Å². The number of hydrogen-bond acceptors (Lipinski definition) is 4. The van der Waals surface area contributed by atoms with Gasteiger partial charge in [0, 0.05) is 32.8 Å². The zero-order chi connectivity index (χ0) is 18.6. The molecule has 1 amide bonds. The molecule has 2 aliphatic heterocycles. The molecule has 0 N–H and O–H groups in total. The Bertz CT molecular complexity index is 779. The fourth-order valence-corrected chi connectivity index (χ4v) is 4.03. The van der Waals surface area contributed by atoms with Crippen LogP contribution in [0.3, 0.4) is 0 Å². The quantitative estimate of drug-likeness (QED) is 0.783. The predicted octanol–water partition coefficient (Wildman–Crippen LogP) is 3.48. The van der Waals surface area contributed by atoms with Crippen LogP contribution in [-0.4, -0.2) is 48.1 Å². The summed E-state index contributed by atoms with van der Waals surface area (Å²) in [5.74, 6) is 1.25. The number of hydrogen-bond donors (Lipinski definition) is 0. The molecule has 3 heterocycles. The molecule has 0 spiro atoms. The van der Waals surface area contributed by atoms with Crippen LogP contribution >= 0.6 is 0 Å². The highest BCUT2D eigenvalue weighted by atomic mass is 16.5. The first-order chi connectivity index (χ1) is 13.2. The van der Waals surface area contributed by atoms with Crippen molar-refractivity contribution < 1.29 is 13.9 Å². The molecule has 2 aliphatic rings. The van der Waals surface area contributed by atoms with E-state index in [-0.39, 0.29) is 12.0 Å². The van der Waals surface area contributed by atoms with Crippen LogP contribution in [0.15, 0.2) is 40.8 Å². The van der Waals surface area contributed by atoms with Crippen molar-refractivity contribution in [2.75, 3.05) is 26.2 Å². The van der Waals surface area contributed by atoms with Crippen LogP contribution in [0.1, 0.15) is 47.2 Å². The summed E-state index contributed by atoms with van der Waals surface area (Å²) in [6, 6.07) is 12.4. The highest BCUT2D eigenvalue weighted by Gasteiger charge is 2.25. The molecule has 2 aromatic rings. The fourth-order valence-electron chi connectivity index (χ4n) is 4.03. The first-order valence-corrected chi connectivity index (χ1v) is 10.0. The van der Waals surface area contributed by atoms with Gasteiger partial charge >= 0.3 is 0 Å². The maximum absolute atomic E-state index is 12.8. The number of nitrogens with zero attached hydrogens (tertiary/aromatic N) is 2. The van der Waals surface area contributed by atoms with Gasteiger partial charge in [0.15, 0.2) is 5.76 Å². The Labute approximate surface area is 160 Å². The average molecular weight is 368 g/mol. The molecule has 5 nitrogen and oxygen atoms in total. The normalized spacial score (nSPS) is 19.8. The van der Waals surface area contributed by atoms with Crippen molar-refractivity contribution in [3.8, 4) is 0 Å². The Morgan fingerprint density at radius 2 is 2.07 bits per heavy atom. The minimum absolute atomic E-state index is 0.0387. The SMILES string of the molecule is CCN(C[C@@H]1CCCO1)C(=O)c1ccc(CN2CCc3ccccc3C2)o1. The van der Waals surface area contributed by atoms with Crippen LogP contribution in [0, 0.1) is 0 Å². The maximum atomic E-state index is 12.8. The van der Waals surface area contributed by atoms with Crippen LogP contribution in [0.2, 0.25) is 0 Å². The lowest BCUT2D eigenvalue weighted by molar-refractivity contribution is 0.0513. The summed E-state index contributed by atoms with van der Waals surface area (Å²) in [6.07, 6.45) is 3.34. The van der Waals surface area contributed by atoms with Gasteiger partial charge in [0.2, 0.25) is 0 Å². The molecule has 5 heteroatoms. The zero-order valence-corrected chi connectivity index (χ0v) is 16.0. The number of amides is 1. The van der Waals surface area contributed by atoms with Crippen molar-refractivity contribution >= 4 is 5.91 Å². The van der Waals surface area contributed by atoms with Gasteiger partial charge in [-0.25, -0.2) is 0 Å².